The molecule has 0 aliphatic carbocycles. The number of fused-ring (bicyclic) bond motifs is 1. The SMILES string of the molecule is CCOC(=O)C(N)CCSCCc1ccc2c(c1)CCO2. The molecule has 0 saturated heterocycles. The molecule has 1 aromatic carbocycles. The van der Waals surface area contributed by atoms with Crippen LogP contribution in [0.4, 0.5) is 0 Å². The normalized spacial score (nSPS) is 14.4. The van der Waals surface area contributed by atoms with Gasteiger partial charge in [-0.3, -0.25) is 4.79 Å². The molecule has 1 heterocycles. The third-order valence-electron chi connectivity index (χ3n) is 3.45. The molecule has 1 unspecified atom stereocenters. The molecule has 1 aromatic rings. The molecular formula is C16H23NO3S. The van der Waals surface area contributed by atoms with E-state index in [0.29, 0.717) is 13.0 Å². The highest BCUT2D eigenvalue weighted by molar-refractivity contribution is 7.99. The lowest BCUT2D eigenvalue weighted by atomic mass is 10.1. The van der Waals surface area contributed by atoms with Crippen LogP contribution in [0.25, 0.3) is 0 Å². The summed E-state index contributed by atoms with van der Waals surface area (Å²) in [4.78, 5) is 11.4. The van der Waals surface area contributed by atoms with Gasteiger partial charge in [-0.2, -0.15) is 11.8 Å². The van der Waals surface area contributed by atoms with Gasteiger partial charge in [0.2, 0.25) is 0 Å². The number of hydrogen-bond acceptors (Lipinski definition) is 5. The Morgan fingerprint density at radius 2 is 2.33 bits per heavy atom. The van der Waals surface area contributed by atoms with Crippen LogP contribution < -0.4 is 10.5 Å². The average Bonchev–Trinajstić information content (AvgIpc) is 2.94. The molecular weight excluding hydrogens is 286 g/mol. The summed E-state index contributed by atoms with van der Waals surface area (Å²) in [6, 6.07) is 5.95. The van der Waals surface area contributed by atoms with E-state index >= 15 is 0 Å². The van der Waals surface area contributed by atoms with Crippen molar-refractivity contribution >= 4 is 17.7 Å². The molecule has 116 valence electrons. The second-order valence-electron chi connectivity index (χ2n) is 5.05. The van der Waals surface area contributed by atoms with Crippen molar-refractivity contribution < 1.29 is 14.3 Å². The van der Waals surface area contributed by atoms with E-state index in [0.717, 1.165) is 36.7 Å². The Hall–Kier alpha value is -1.20. The van der Waals surface area contributed by atoms with Crippen LogP contribution in [0.2, 0.25) is 0 Å². The Labute approximate surface area is 130 Å². The topological polar surface area (TPSA) is 61.5 Å². The highest BCUT2D eigenvalue weighted by Gasteiger charge is 2.14. The van der Waals surface area contributed by atoms with Gasteiger partial charge in [-0.05, 0) is 48.5 Å². The van der Waals surface area contributed by atoms with Gasteiger partial charge < -0.3 is 15.2 Å². The van der Waals surface area contributed by atoms with Gasteiger partial charge in [0, 0.05) is 6.42 Å². The number of benzene rings is 1. The molecule has 2 N–H and O–H groups in total. The zero-order valence-corrected chi connectivity index (χ0v) is 13.3. The van der Waals surface area contributed by atoms with E-state index in [1.165, 1.54) is 11.1 Å². The van der Waals surface area contributed by atoms with Crippen molar-refractivity contribution in [1.82, 2.24) is 0 Å². The molecule has 4 nitrogen and oxygen atoms in total. The molecule has 0 aromatic heterocycles. The van der Waals surface area contributed by atoms with Gasteiger partial charge in [-0.15, -0.1) is 0 Å². The number of nitrogens with two attached hydrogens (primary N) is 1. The molecule has 0 amide bonds. The van der Waals surface area contributed by atoms with Gasteiger partial charge in [0.25, 0.3) is 0 Å². The lowest BCUT2D eigenvalue weighted by Gasteiger charge is -2.10. The smallest absolute Gasteiger partial charge is 0.322 e. The Kier molecular flexibility index (Phi) is 6.39. The van der Waals surface area contributed by atoms with Gasteiger partial charge in [-0.25, -0.2) is 0 Å². The van der Waals surface area contributed by atoms with Crippen LogP contribution >= 0.6 is 11.8 Å². The van der Waals surface area contributed by atoms with Crippen LogP contribution in [0.5, 0.6) is 5.75 Å². The largest absolute Gasteiger partial charge is 0.493 e. The predicted molar refractivity (Wildman–Crippen MR) is 85.9 cm³/mol. The summed E-state index contributed by atoms with van der Waals surface area (Å²) in [5.41, 5.74) is 8.43. The van der Waals surface area contributed by atoms with Gasteiger partial charge >= 0.3 is 5.97 Å². The lowest BCUT2D eigenvalue weighted by Crippen LogP contribution is -2.32. The van der Waals surface area contributed by atoms with E-state index in [2.05, 4.69) is 18.2 Å². The number of hydrogen-bond donors (Lipinski definition) is 1. The summed E-state index contributed by atoms with van der Waals surface area (Å²) in [5, 5.41) is 0. The van der Waals surface area contributed by atoms with E-state index in [9.17, 15) is 4.79 Å². The molecule has 2 rings (SSSR count). The molecule has 0 saturated carbocycles. The number of aryl methyl sites for hydroxylation is 1. The van der Waals surface area contributed by atoms with Gasteiger partial charge in [0.1, 0.15) is 11.8 Å². The van der Waals surface area contributed by atoms with E-state index in [4.69, 9.17) is 15.2 Å². The van der Waals surface area contributed by atoms with E-state index in [1.54, 1.807) is 6.92 Å². The zero-order chi connectivity index (χ0) is 15.1. The molecule has 1 aliphatic rings. The zero-order valence-electron chi connectivity index (χ0n) is 12.5. The molecule has 5 heteroatoms. The monoisotopic (exact) mass is 309 g/mol. The van der Waals surface area contributed by atoms with Crippen molar-refractivity contribution in [3.63, 3.8) is 0 Å². The summed E-state index contributed by atoms with van der Waals surface area (Å²) in [6.45, 7) is 2.99. The number of ether oxygens (including phenoxy) is 2. The number of esters is 1. The first-order valence-electron chi connectivity index (χ1n) is 7.45. The fraction of sp³-hybridized carbons (Fsp3) is 0.562. The minimum atomic E-state index is -0.491. The van der Waals surface area contributed by atoms with Crippen molar-refractivity contribution in [3.8, 4) is 5.75 Å². The summed E-state index contributed by atoms with van der Waals surface area (Å²) in [6.07, 6.45) is 2.72. The van der Waals surface area contributed by atoms with E-state index < -0.39 is 6.04 Å². The van der Waals surface area contributed by atoms with Crippen LogP contribution in [0, 0.1) is 0 Å². The molecule has 0 bridgehead atoms. The fourth-order valence-corrected chi connectivity index (χ4v) is 3.27. The number of thioether (sulfide) groups is 1. The van der Waals surface area contributed by atoms with Crippen LogP contribution in [-0.2, 0) is 22.4 Å². The highest BCUT2D eigenvalue weighted by atomic mass is 32.2. The summed E-state index contributed by atoms with van der Waals surface area (Å²) >= 11 is 1.83. The van der Waals surface area contributed by atoms with Crippen molar-refractivity contribution in [2.45, 2.75) is 32.2 Å². The molecule has 1 atom stereocenters. The summed E-state index contributed by atoms with van der Waals surface area (Å²) < 4.78 is 10.4. The first-order valence-corrected chi connectivity index (χ1v) is 8.60. The maximum absolute atomic E-state index is 11.4. The first-order chi connectivity index (χ1) is 10.2. The second kappa shape index (κ2) is 8.29. The van der Waals surface area contributed by atoms with Crippen molar-refractivity contribution in [1.29, 1.82) is 0 Å². The first kappa shape index (κ1) is 16.2. The van der Waals surface area contributed by atoms with Crippen molar-refractivity contribution in [3.05, 3.63) is 29.3 Å². The van der Waals surface area contributed by atoms with Crippen LogP contribution in [0.3, 0.4) is 0 Å². The Morgan fingerprint density at radius 3 is 3.14 bits per heavy atom. The minimum absolute atomic E-state index is 0.295. The molecule has 0 spiro atoms. The number of carbonyl (C=O) groups is 1. The average molecular weight is 309 g/mol. The van der Waals surface area contributed by atoms with Gasteiger partial charge in [0.05, 0.1) is 13.2 Å². The van der Waals surface area contributed by atoms with Crippen LogP contribution in [0.1, 0.15) is 24.5 Å². The standard InChI is InChI=1S/C16H23NO3S/c1-2-19-16(18)14(17)7-10-21-9-6-12-3-4-15-13(11-12)5-8-20-15/h3-4,11,14H,2,5-10,17H2,1H3. The molecule has 21 heavy (non-hydrogen) atoms. The molecule has 1 aliphatic heterocycles. The van der Waals surface area contributed by atoms with Crippen molar-refractivity contribution in [2.75, 3.05) is 24.7 Å². The van der Waals surface area contributed by atoms with Gasteiger partial charge in [-0.1, -0.05) is 12.1 Å². The molecule has 0 fully saturated rings. The van der Waals surface area contributed by atoms with E-state index in [-0.39, 0.29) is 5.97 Å². The third kappa shape index (κ3) is 4.93. The summed E-state index contributed by atoms with van der Waals surface area (Å²) in [7, 11) is 0. The lowest BCUT2D eigenvalue weighted by molar-refractivity contribution is -0.144. The van der Waals surface area contributed by atoms with E-state index in [1.807, 2.05) is 11.8 Å². The Morgan fingerprint density at radius 1 is 1.48 bits per heavy atom. The maximum atomic E-state index is 11.4. The predicted octanol–water partition coefficient (Wildman–Crippen LogP) is 2.18. The number of rotatable bonds is 8. The van der Waals surface area contributed by atoms with Crippen LogP contribution in [0.15, 0.2) is 18.2 Å². The Balaban J connectivity index is 1.63. The maximum Gasteiger partial charge on any atom is 0.322 e. The van der Waals surface area contributed by atoms with Gasteiger partial charge in [0.15, 0.2) is 0 Å². The second-order valence-corrected chi connectivity index (χ2v) is 6.27. The number of carbonyl (C=O) groups excluding carboxylic acids is 1. The Bertz CT molecular complexity index is 479. The third-order valence-corrected chi connectivity index (χ3v) is 4.47. The van der Waals surface area contributed by atoms with Crippen LogP contribution in [-0.4, -0.2) is 36.7 Å². The fourth-order valence-electron chi connectivity index (χ4n) is 2.26. The highest BCUT2D eigenvalue weighted by Crippen LogP contribution is 2.26. The quantitative estimate of drug-likeness (QED) is 0.589. The summed E-state index contributed by atoms with van der Waals surface area (Å²) in [5.74, 6) is 2.66. The molecule has 0 radical (unpaired) electrons. The minimum Gasteiger partial charge on any atom is -0.493 e. The van der Waals surface area contributed by atoms with Crippen molar-refractivity contribution in [2.24, 2.45) is 5.73 Å².